The number of H-pyrrole nitrogens is 1. The minimum atomic E-state index is 0.545. The van der Waals surface area contributed by atoms with Crippen molar-refractivity contribution >= 4 is 11.6 Å². The van der Waals surface area contributed by atoms with Crippen LogP contribution < -0.4 is 5.73 Å². The van der Waals surface area contributed by atoms with Crippen molar-refractivity contribution in [3.05, 3.63) is 23.0 Å². The van der Waals surface area contributed by atoms with Gasteiger partial charge in [-0.15, -0.1) is 0 Å². The molecule has 0 bridgehead atoms. The largest absolute Gasteiger partial charge is 0.352 e. The first-order valence-corrected chi connectivity index (χ1v) is 2.73. The van der Waals surface area contributed by atoms with Gasteiger partial charge in [0.2, 0.25) is 0 Å². The van der Waals surface area contributed by atoms with Crippen LogP contribution in [-0.2, 0) is 6.54 Å². The predicted molar refractivity (Wildman–Crippen MR) is 33.7 cm³/mol. The Morgan fingerprint density at radius 1 is 1.75 bits per heavy atom. The molecule has 8 heavy (non-hydrogen) atoms. The summed E-state index contributed by atoms with van der Waals surface area (Å²) < 4.78 is 0. The highest BCUT2D eigenvalue weighted by molar-refractivity contribution is 6.29. The molecule has 44 valence electrons. The van der Waals surface area contributed by atoms with Crippen LogP contribution in [0.2, 0.25) is 5.15 Å². The average molecular weight is 131 g/mol. The lowest BCUT2D eigenvalue weighted by Gasteiger charge is -1.80. The minimum absolute atomic E-state index is 0.545. The highest BCUT2D eigenvalue weighted by Gasteiger charge is 1.90. The number of rotatable bonds is 1. The molecule has 0 atom stereocenters. The number of hydrogen-bond donors (Lipinski definition) is 2. The molecule has 1 aromatic heterocycles. The van der Waals surface area contributed by atoms with E-state index in [1.54, 1.807) is 6.20 Å². The molecule has 1 heterocycles. The molecule has 2 nitrogen and oxygen atoms in total. The molecule has 0 radical (unpaired) electrons. The first-order valence-electron chi connectivity index (χ1n) is 2.36. The average Bonchev–Trinajstić information content (AvgIpc) is 2.14. The molecule has 1 rings (SSSR count). The van der Waals surface area contributed by atoms with Gasteiger partial charge in [-0.05, 0) is 11.6 Å². The third-order valence-electron chi connectivity index (χ3n) is 0.943. The topological polar surface area (TPSA) is 41.8 Å². The van der Waals surface area contributed by atoms with Crippen molar-refractivity contribution in [1.82, 2.24) is 4.98 Å². The lowest BCUT2D eigenvalue weighted by Crippen LogP contribution is -1.92. The van der Waals surface area contributed by atoms with Crippen molar-refractivity contribution < 1.29 is 0 Å². The van der Waals surface area contributed by atoms with E-state index in [0.717, 1.165) is 5.56 Å². The van der Waals surface area contributed by atoms with Crippen LogP contribution >= 0.6 is 11.6 Å². The Labute approximate surface area is 52.6 Å². The fourth-order valence-corrected chi connectivity index (χ4v) is 0.720. The van der Waals surface area contributed by atoms with Crippen LogP contribution in [0.5, 0.6) is 0 Å². The third kappa shape index (κ3) is 1.02. The second-order valence-electron chi connectivity index (χ2n) is 1.56. The van der Waals surface area contributed by atoms with Gasteiger partial charge in [0.1, 0.15) is 5.15 Å². The second-order valence-corrected chi connectivity index (χ2v) is 1.97. The quantitative estimate of drug-likeness (QED) is 0.588. The van der Waals surface area contributed by atoms with E-state index in [0.29, 0.717) is 11.7 Å². The number of hydrogen-bond acceptors (Lipinski definition) is 1. The minimum Gasteiger partial charge on any atom is -0.352 e. The highest BCUT2D eigenvalue weighted by Crippen LogP contribution is 2.06. The monoisotopic (exact) mass is 130 g/mol. The van der Waals surface area contributed by atoms with E-state index < -0.39 is 0 Å². The van der Waals surface area contributed by atoms with E-state index in [9.17, 15) is 0 Å². The van der Waals surface area contributed by atoms with Crippen LogP contribution in [-0.4, -0.2) is 4.98 Å². The second kappa shape index (κ2) is 2.20. The summed E-state index contributed by atoms with van der Waals surface area (Å²) in [6.45, 7) is 0.545. The van der Waals surface area contributed by atoms with E-state index in [-0.39, 0.29) is 0 Å². The standard InChI is InChI=1S/C5H7ClN2/c6-5-1-4(2-7)3-8-5/h1,3,8H,2,7H2. The molecular weight excluding hydrogens is 124 g/mol. The summed E-state index contributed by atoms with van der Waals surface area (Å²) in [6, 6.07) is 1.81. The first-order chi connectivity index (χ1) is 3.83. The molecule has 0 aliphatic heterocycles. The van der Waals surface area contributed by atoms with Gasteiger partial charge in [0.25, 0.3) is 0 Å². The normalized spacial score (nSPS) is 9.75. The molecule has 0 aliphatic rings. The fourth-order valence-electron chi connectivity index (χ4n) is 0.526. The lowest BCUT2D eigenvalue weighted by molar-refractivity contribution is 1.07. The summed E-state index contributed by atoms with van der Waals surface area (Å²) in [7, 11) is 0. The van der Waals surface area contributed by atoms with E-state index in [1.165, 1.54) is 0 Å². The molecule has 3 N–H and O–H groups in total. The van der Waals surface area contributed by atoms with Crippen molar-refractivity contribution in [2.45, 2.75) is 6.54 Å². The van der Waals surface area contributed by atoms with Gasteiger partial charge in [0, 0.05) is 12.7 Å². The molecule has 0 fully saturated rings. The molecule has 0 amide bonds. The van der Waals surface area contributed by atoms with Crippen molar-refractivity contribution in [3.8, 4) is 0 Å². The lowest BCUT2D eigenvalue weighted by atomic mass is 10.4. The van der Waals surface area contributed by atoms with Crippen LogP contribution in [0, 0.1) is 0 Å². The number of nitrogens with two attached hydrogens (primary N) is 1. The maximum absolute atomic E-state index is 5.53. The predicted octanol–water partition coefficient (Wildman–Crippen LogP) is 1.13. The van der Waals surface area contributed by atoms with Gasteiger partial charge < -0.3 is 10.7 Å². The van der Waals surface area contributed by atoms with Crippen molar-refractivity contribution in [2.24, 2.45) is 5.73 Å². The van der Waals surface area contributed by atoms with Crippen molar-refractivity contribution in [2.75, 3.05) is 0 Å². The zero-order valence-electron chi connectivity index (χ0n) is 4.32. The maximum atomic E-state index is 5.53. The number of aromatic nitrogens is 1. The van der Waals surface area contributed by atoms with Gasteiger partial charge in [0.15, 0.2) is 0 Å². The molecule has 0 saturated carbocycles. The third-order valence-corrected chi connectivity index (χ3v) is 1.16. The van der Waals surface area contributed by atoms with Crippen molar-refractivity contribution in [3.63, 3.8) is 0 Å². The Kier molecular flexibility index (Phi) is 1.56. The van der Waals surface area contributed by atoms with Gasteiger partial charge in [0.05, 0.1) is 0 Å². The SMILES string of the molecule is NCc1c[nH]c(Cl)c1. The van der Waals surface area contributed by atoms with E-state index >= 15 is 0 Å². The summed E-state index contributed by atoms with van der Waals surface area (Å²) in [5, 5.41) is 0.644. The van der Waals surface area contributed by atoms with Gasteiger partial charge in [-0.2, -0.15) is 0 Å². The summed E-state index contributed by atoms with van der Waals surface area (Å²) >= 11 is 5.53. The van der Waals surface area contributed by atoms with E-state index in [1.807, 2.05) is 6.07 Å². The summed E-state index contributed by atoms with van der Waals surface area (Å²) in [4.78, 5) is 2.80. The molecule has 0 aliphatic carbocycles. The van der Waals surface area contributed by atoms with Gasteiger partial charge in [-0.25, -0.2) is 0 Å². The van der Waals surface area contributed by atoms with Crippen LogP contribution in [0.3, 0.4) is 0 Å². The summed E-state index contributed by atoms with van der Waals surface area (Å²) in [5.74, 6) is 0. The van der Waals surface area contributed by atoms with Gasteiger partial charge >= 0.3 is 0 Å². The summed E-state index contributed by atoms with van der Waals surface area (Å²) in [5.41, 5.74) is 6.32. The molecule has 0 spiro atoms. The van der Waals surface area contributed by atoms with Crippen LogP contribution in [0.4, 0.5) is 0 Å². The molecule has 1 aromatic rings. The van der Waals surface area contributed by atoms with Crippen LogP contribution in [0.25, 0.3) is 0 Å². The fraction of sp³-hybridized carbons (Fsp3) is 0.200. The Bertz CT molecular complexity index is 171. The Morgan fingerprint density at radius 3 is 2.75 bits per heavy atom. The summed E-state index contributed by atoms with van der Waals surface area (Å²) in [6.07, 6.45) is 1.79. The first kappa shape index (κ1) is 5.66. The van der Waals surface area contributed by atoms with E-state index in [4.69, 9.17) is 17.3 Å². The molecule has 3 heteroatoms. The zero-order chi connectivity index (χ0) is 5.98. The Hall–Kier alpha value is -0.470. The maximum Gasteiger partial charge on any atom is 0.106 e. The van der Waals surface area contributed by atoms with Gasteiger partial charge in [-0.1, -0.05) is 11.6 Å². The van der Waals surface area contributed by atoms with Crippen LogP contribution in [0.1, 0.15) is 5.56 Å². The Balaban J connectivity index is 2.84. The number of nitrogens with one attached hydrogen (secondary N) is 1. The number of halogens is 1. The Morgan fingerprint density at radius 2 is 2.50 bits per heavy atom. The van der Waals surface area contributed by atoms with Gasteiger partial charge in [-0.3, -0.25) is 0 Å². The zero-order valence-corrected chi connectivity index (χ0v) is 5.07. The van der Waals surface area contributed by atoms with Crippen LogP contribution in [0.15, 0.2) is 12.3 Å². The molecule has 0 unspecified atom stereocenters. The van der Waals surface area contributed by atoms with Crippen molar-refractivity contribution in [1.29, 1.82) is 0 Å². The molecule has 0 saturated heterocycles. The van der Waals surface area contributed by atoms with E-state index in [2.05, 4.69) is 4.98 Å². The molecule has 0 aromatic carbocycles. The smallest absolute Gasteiger partial charge is 0.106 e. The highest BCUT2D eigenvalue weighted by atomic mass is 35.5. The number of aromatic amines is 1. The molecular formula is C5H7ClN2.